The van der Waals surface area contributed by atoms with Gasteiger partial charge in [0.1, 0.15) is 0 Å². The average Bonchev–Trinajstić information content (AvgIpc) is 3.22. The number of hydrogen-bond acceptors (Lipinski definition) is 5. The second-order valence-electron chi connectivity index (χ2n) is 8.25. The van der Waals surface area contributed by atoms with E-state index in [1.54, 1.807) is 18.0 Å². The highest BCUT2D eigenvalue weighted by Gasteiger charge is 2.28. The van der Waals surface area contributed by atoms with Gasteiger partial charge in [0.25, 0.3) is 5.91 Å². The maximum atomic E-state index is 13.3. The van der Waals surface area contributed by atoms with E-state index in [4.69, 9.17) is 16.3 Å². The number of nitrogens with zero attached hydrogens (tertiary/aromatic N) is 4. The molecule has 0 spiro atoms. The van der Waals surface area contributed by atoms with Crippen molar-refractivity contribution >= 4 is 23.4 Å². The van der Waals surface area contributed by atoms with E-state index in [-0.39, 0.29) is 17.7 Å². The molecule has 0 saturated carbocycles. The van der Waals surface area contributed by atoms with Crippen LogP contribution in [-0.4, -0.2) is 84.4 Å². The largest absolute Gasteiger partial charge is 0.385 e. The first-order chi connectivity index (χ1) is 15.4. The van der Waals surface area contributed by atoms with Crippen LogP contribution < -0.4 is 5.32 Å². The Morgan fingerprint density at radius 2 is 1.97 bits per heavy atom. The third-order valence-corrected chi connectivity index (χ3v) is 5.75. The summed E-state index contributed by atoms with van der Waals surface area (Å²) < 4.78 is 6.79. The molecule has 174 valence electrons. The number of piperazine rings is 1. The molecule has 1 fully saturated rings. The van der Waals surface area contributed by atoms with Crippen LogP contribution in [0.1, 0.15) is 42.2 Å². The van der Waals surface area contributed by atoms with E-state index in [0.717, 1.165) is 17.8 Å². The Kier molecular flexibility index (Phi) is 8.67. The molecule has 1 saturated heterocycles. The third-order valence-electron chi connectivity index (χ3n) is 5.51. The van der Waals surface area contributed by atoms with Gasteiger partial charge in [0, 0.05) is 51.5 Å². The van der Waals surface area contributed by atoms with Crippen molar-refractivity contribution in [3.63, 3.8) is 0 Å². The molecule has 1 aliphatic rings. The van der Waals surface area contributed by atoms with Crippen LogP contribution in [-0.2, 0) is 9.53 Å². The number of amides is 2. The summed E-state index contributed by atoms with van der Waals surface area (Å²) in [6.45, 7) is 8.18. The highest BCUT2D eigenvalue weighted by atomic mass is 35.5. The Balaban J connectivity index is 1.61. The fourth-order valence-electron chi connectivity index (χ4n) is 3.87. The number of methoxy groups -OCH3 is 1. The smallest absolute Gasteiger partial charge is 0.257 e. The van der Waals surface area contributed by atoms with Gasteiger partial charge in [-0.05, 0) is 30.5 Å². The van der Waals surface area contributed by atoms with Crippen LogP contribution in [0.25, 0.3) is 5.69 Å². The molecule has 0 atom stereocenters. The summed E-state index contributed by atoms with van der Waals surface area (Å²) in [6.07, 6.45) is 2.45. The van der Waals surface area contributed by atoms with Gasteiger partial charge in [-0.1, -0.05) is 31.5 Å². The van der Waals surface area contributed by atoms with Crippen LogP contribution in [0.5, 0.6) is 0 Å². The van der Waals surface area contributed by atoms with Crippen molar-refractivity contribution in [3.05, 3.63) is 46.7 Å². The first-order valence-corrected chi connectivity index (χ1v) is 11.4. The summed E-state index contributed by atoms with van der Waals surface area (Å²) in [6, 6.07) is 7.46. The van der Waals surface area contributed by atoms with Crippen LogP contribution in [0.4, 0.5) is 0 Å². The van der Waals surface area contributed by atoms with Gasteiger partial charge in [-0.15, -0.1) is 0 Å². The molecule has 3 rings (SSSR count). The summed E-state index contributed by atoms with van der Waals surface area (Å²) in [5.41, 5.74) is 2.32. The lowest BCUT2D eigenvalue weighted by Gasteiger charge is -2.34. The van der Waals surface area contributed by atoms with Gasteiger partial charge in [0.2, 0.25) is 5.91 Å². The number of ether oxygens (including phenoxy) is 1. The molecule has 0 bridgehead atoms. The average molecular weight is 462 g/mol. The molecule has 8 nitrogen and oxygen atoms in total. The Morgan fingerprint density at radius 3 is 2.62 bits per heavy atom. The standard InChI is InChI=1S/C23H32ClN5O3/c1-17(2)22-20(15-26-29(22)19-7-4-6-18(24)14-19)23(31)28-11-9-27(10-12-28)16-21(30)25-8-5-13-32-3/h4,6-7,14-15,17H,5,8-13,16H2,1-3H3,(H,25,30). The molecule has 2 amide bonds. The van der Waals surface area contributed by atoms with Gasteiger partial charge in [-0.2, -0.15) is 5.10 Å². The van der Waals surface area contributed by atoms with Crippen molar-refractivity contribution in [2.24, 2.45) is 0 Å². The Hall–Kier alpha value is -2.42. The molecule has 0 unspecified atom stereocenters. The van der Waals surface area contributed by atoms with E-state index < -0.39 is 0 Å². The summed E-state index contributed by atoms with van der Waals surface area (Å²) >= 11 is 6.15. The minimum Gasteiger partial charge on any atom is -0.385 e. The van der Waals surface area contributed by atoms with Crippen molar-refractivity contribution in [1.29, 1.82) is 0 Å². The van der Waals surface area contributed by atoms with Gasteiger partial charge in [0.15, 0.2) is 0 Å². The Morgan fingerprint density at radius 1 is 1.22 bits per heavy atom. The number of nitrogens with one attached hydrogen (secondary N) is 1. The molecule has 1 aromatic heterocycles. The Bertz CT molecular complexity index is 922. The zero-order valence-electron chi connectivity index (χ0n) is 19.0. The van der Waals surface area contributed by atoms with E-state index in [1.165, 1.54) is 0 Å². The van der Waals surface area contributed by atoms with Crippen molar-refractivity contribution in [1.82, 2.24) is 24.9 Å². The second kappa shape index (κ2) is 11.4. The molecule has 2 heterocycles. The number of aromatic nitrogens is 2. The second-order valence-corrected chi connectivity index (χ2v) is 8.69. The number of carbonyl (C=O) groups is 2. The molecule has 2 aromatic rings. The van der Waals surface area contributed by atoms with E-state index in [0.29, 0.717) is 56.5 Å². The molecule has 1 aliphatic heterocycles. The summed E-state index contributed by atoms with van der Waals surface area (Å²) in [7, 11) is 1.65. The molecular weight excluding hydrogens is 430 g/mol. The van der Waals surface area contributed by atoms with E-state index in [1.807, 2.05) is 29.2 Å². The molecule has 1 N–H and O–H groups in total. The van der Waals surface area contributed by atoms with Crippen LogP contribution in [0.15, 0.2) is 30.5 Å². The number of benzene rings is 1. The first kappa shape index (κ1) is 24.2. The normalized spacial score (nSPS) is 14.7. The first-order valence-electron chi connectivity index (χ1n) is 11.0. The number of halogens is 1. The topological polar surface area (TPSA) is 79.7 Å². The number of hydrogen-bond donors (Lipinski definition) is 1. The SMILES string of the molecule is COCCCNC(=O)CN1CCN(C(=O)c2cnn(-c3cccc(Cl)c3)c2C(C)C)CC1. The fraction of sp³-hybridized carbons (Fsp3) is 0.522. The summed E-state index contributed by atoms with van der Waals surface area (Å²) in [5, 5.41) is 8.03. The van der Waals surface area contributed by atoms with Crippen LogP contribution in [0.3, 0.4) is 0 Å². The van der Waals surface area contributed by atoms with Crippen LogP contribution in [0.2, 0.25) is 5.02 Å². The van der Waals surface area contributed by atoms with Crippen molar-refractivity contribution < 1.29 is 14.3 Å². The minimum atomic E-state index is -0.0226. The molecule has 0 aliphatic carbocycles. The van der Waals surface area contributed by atoms with E-state index >= 15 is 0 Å². The number of carbonyl (C=O) groups excluding carboxylic acids is 2. The zero-order valence-corrected chi connectivity index (χ0v) is 19.8. The molecule has 0 radical (unpaired) electrons. The predicted octanol–water partition coefficient (Wildman–Crippen LogP) is 2.56. The van der Waals surface area contributed by atoms with Crippen LogP contribution >= 0.6 is 11.6 Å². The van der Waals surface area contributed by atoms with E-state index in [9.17, 15) is 9.59 Å². The fourth-order valence-corrected chi connectivity index (χ4v) is 4.06. The Labute approximate surface area is 194 Å². The highest BCUT2D eigenvalue weighted by Crippen LogP contribution is 2.25. The van der Waals surface area contributed by atoms with Crippen molar-refractivity contribution in [2.75, 3.05) is 53.0 Å². The van der Waals surface area contributed by atoms with Gasteiger partial charge in [0.05, 0.1) is 29.7 Å². The van der Waals surface area contributed by atoms with Gasteiger partial charge in [-0.3, -0.25) is 14.5 Å². The van der Waals surface area contributed by atoms with E-state index in [2.05, 4.69) is 29.2 Å². The maximum absolute atomic E-state index is 13.3. The maximum Gasteiger partial charge on any atom is 0.257 e. The van der Waals surface area contributed by atoms with Gasteiger partial charge >= 0.3 is 0 Å². The van der Waals surface area contributed by atoms with Crippen molar-refractivity contribution in [2.45, 2.75) is 26.2 Å². The molecule has 9 heteroatoms. The monoisotopic (exact) mass is 461 g/mol. The minimum absolute atomic E-state index is 0.00534. The summed E-state index contributed by atoms with van der Waals surface area (Å²) in [4.78, 5) is 29.3. The predicted molar refractivity (Wildman–Crippen MR) is 125 cm³/mol. The van der Waals surface area contributed by atoms with Gasteiger partial charge < -0.3 is 15.0 Å². The molecular formula is C23H32ClN5O3. The lowest BCUT2D eigenvalue weighted by atomic mass is 10.0. The highest BCUT2D eigenvalue weighted by molar-refractivity contribution is 6.30. The summed E-state index contributed by atoms with van der Waals surface area (Å²) in [5.74, 6) is 0.0925. The molecule has 32 heavy (non-hydrogen) atoms. The van der Waals surface area contributed by atoms with Crippen LogP contribution in [0, 0.1) is 0 Å². The van der Waals surface area contributed by atoms with Gasteiger partial charge in [-0.25, -0.2) is 4.68 Å². The zero-order chi connectivity index (χ0) is 23.1. The lowest BCUT2D eigenvalue weighted by molar-refractivity contribution is -0.122. The van der Waals surface area contributed by atoms with Crippen molar-refractivity contribution in [3.8, 4) is 5.69 Å². The third kappa shape index (κ3) is 6.09. The lowest BCUT2D eigenvalue weighted by Crippen LogP contribution is -2.51. The number of rotatable bonds is 9. The molecule has 1 aromatic carbocycles. The quantitative estimate of drug-likeness (QED) is 0.580.